The molecular formula is C11H12O2. The van der Waals surface area contributed by atoms with Crippen LogP contribution < -0.4 is 0 Å². The molecule has 1 rings (SSSR count). The molecule has 1 N–H and O–H groups in total. The van der Waals surface area contributed by atoms with Crippen molar-refractivity contribution in [2.24, 2.45) is 0 Å². The van der Waals surface area contributed by atoms with Crippen LogP contribution in [0.5, 0.6) is 0 Å². The van der Waals surface area contributed by atoms with Gasteiger partial charge in [-0.25, -0.2) is 4.79 Å². The van der Waals surface area contributed by atoms with E-state index in [2.05, 4.69) is 6.58 Å². The van der Waals surface area contributed by atoms with Gasteiger partial charge in [0.05, 0.1) is 5.56 Å². The molecule has 0 fully saturated rings. The lowest BCUT2D eigenvalue weighted by Gasteiger charge is -2.06. The molecule has 1 aromatic rings. The molecule has 0 saturated heterocycles. The Morgan fingerprint density at radius 3 is 2.77 bits per heavy atom. The summed E-state index contributed by atoms with van der Waals surface area (Å²) in [5, 5.41) is 8.88. The first kappa shape index (κ1) is 9.52. The fourth-order valence-corrected chi connectivity index (χ4v) is 1.39. The van der Waals surface area contributed by atoms with Crippen molar-refractivity contribution in [3.8, 4) is 0 Å². The summed E-state index contributed by atoms with van der Waals surface area (Å²) in [4.78, 5) is 10.8. The summed E-state index contributed by atoms with van der Waals surface area (Å²) < 4.78 is 0. The van der Waals surface area contributed by atoms with Crippen LogP contribution in [0, 0.1) is 0 Å². The highest BCUT2D eigenvalue weighted by Gasteiger charge is 2.09. The van der Waals surface area contributed by atoms with E-state index in [1.54, 1.807) is 18.2 Å². The van der Waals surface area contributed by atoms with Crippen LogP contribution in [0.2, 0.25) is 0 Å². The molecule has 0 heterocycles. The van der Waals surface area contributed by atoms with Gasteiger partial charge < -0.3 is 5.11 Å². The van der Waals surface area contributed by atoms with E-state index in [0.29, 0.717) is 12.0 Å². The molecule has 0 aliphatic heterocycles. The van der Waals surface area contributed by atoms with Crippen LogP contribution in [-0.4, -0.2) is 11.1 Å². The molecule has 0 amide bonds. The van der Waals surface area contributed by atoms with Gasteiger partial charge in [-0.3, -0.25) is 0 Å². The van der Waals surface area contributed by atoms with E-state index >= 15 is 0 Å². The van der Waals surface area contributed by atoms with Crippen molar-refractivity contribution in [1.29, 1.82) is 0 Å². The van der Waals surface area contributed by atoms with Crippen molar-refractivity contribution in [2.75, 3.05) is 0 Å². The van der Waals surface area contributed by atoms with Gasteiger partial charge in [-0.05, 0) is 23.6 Å². The van der Waals surface area contributed by atoms with Crippen LogP contribution >= 0.6 is 0 Å². The third kappa shape index (κ3) is 1.78. The van der Waals surface area contributed by atoms with Crippen LogP contribution in [-0.2, 0) is 6.42 Å². The Balaban J connectivity index is 3.35. The van der Waals surface area contributed by atoms with Gasteiger partial charge >= 0.3 is 5.97 Å². The molecule has 0 radical (unpaired) electrons. The minimum absolute atomic E-state index is 0.375. The smallest absolute Gasteiger partial charge is 0.335 e. The van der Waals surface area contributed by atoms with Gasteiger partial charge in [0.1, 0.15) is 0 Å². The van der Waals surface area contributed by atoms with E-state index in [4.69, 9.17) is 5.11 Å². The highest BCUT2D eigenvalue weighted by Crippen LogP contribution is 2.16. The zero-order valence-corrected chi connectivity index (χ0v) is 7.58. The number of hydrogen-bond donors (Lipinski definition) is 1. The van der Waals surface area contributed by atoms with E-state index in [9.17, 15) is 4.79 Å². The summed E-state index contributed by atoms with van der Waals surface area (Å²) in [7, 11) is 0. The van der Waals surface area contributed by atoms with E-state index in [0.717, 1.165) is 11.1 Å². The number of rotatable bonds is 3. The largest absolute Gasteiger partial charge is 0.478 e. The molecule has 0 atom stereocenters. The lowest BCUT2D eigenvalue weighted by Crippen LogP contribution is -2.03. The second kappa shape index (κ2) is 3.90. The lowest BCUT2D eigenvalue weighted by atomic mass is 9.99. The van der Waals surface area contributed by atoms with Crippen molar-refractivity contribution in [3.05, 3.63) is 41.5 Å². The number of benzene rings is 1. The topological polar surface area (TPSA) is 37.3 Å². The van der Waals surface area contributed by atoms with Crippen molar-refractivity contribution >= 4 is 12.0 Å². The number of aromatic carboxylic acids is 1. The minimum Gasteiger partial charge on any atom is -0.478 e. The molecule has 0 spiro atoms. The van der Waals surface area contributed by atoms with E-state index in [1.165, 1.54) is 0 Å². The summed E-state index contributed by atoms with van der Waals surface area (Å²) in [6, 6.07) is 5.23. The predicted octanol–water partition coefficient (Wildman–Crippen LogP) is 2.59. The quantitative estimate of drug-likeness (QED) is 0.768. The van der Waals surface area contributed by atoms with Crippen molar-refractivity contribution in [1.82, 2.24) is 0 Å². The zero-order valence-electron chi connectivity index (χ0n) is 7.58. The van der Waals surface area contributed by atoms with Gasteiger partial charge in [0.15, 0.2) is 0 Å². The second-order valence-corrected chi connectivity index (χ2v) is 2.74. The normalized spacial score (nSPS) is 9.62. The molecule has 0 bridgehead atoms. The molecule has 2 heteroatoms. The first-order chi connectivity index (χ1) is 6.20. The van der Waals surface area contributed by atoms with Gasteiger partial charge in [-0.2, -0.15) is 0 Å². The summed E-state index contributed by atoms with van der Waals surface area (Å²) in [5.74, 6) is -0.874. The molecule has 0 unspecified atom stereocenters. The molecule has 0 aliphatic carbocycles. The van der Waals surface area contributed by atoms with E-state index in [-0.39, 0.29) is 0 Å². The van der Waals surface area contributed by atoms with Crippen molar-refractivity contribution < 1.29 is 9.90 Å². The van der Waals surface area contributed by atoms with Crippen LogP contribution in [0.1, 0.15) is 28.4 Å². The van der Waals surface area contributed by atoms with E-state index < -0.39 is 5.97 Å². The number of hydrogen-bond acceptors (Lipinski definition) is 1. The Bertz CT molecular complexity index is 340. The first-order valence-corrected chi connectivity index (χ1v) is 4.18. The fraction of sp³-hybridized carbons (Fsp3) is 0.182. The Morgan fingerprint density at radius 2 is 2.31 bits per heavy atom. The van der Waals surface area contributed by atoms with E-state index in [1.807, 2.05) is 13.0 Å². The summed E-state index contributed by atoms with van der Waals surface area (Å²) in [5.41, 5.74) is 2.13. The maximum Gasteiger partial charge on any atom is 0.335 e. The summed E-state index contributed by atoms with van der Waals surface area (Å²) in [6.07, 6.45) is 2.40. The van der Waals surface area contributed by atoms with Crippen LogP contribution in [0.15, 0.2) is 24.8 Å². The van der Waals surface area contributed by atoms with Crippen molar-refractivity contribution in [3.63, 3.8) is 0 Å². The summed E-state index contributed by atoms with van der Waals surface area (Å²) >= 11 is 0. The van der Waals surface area contributed by atoms with Crippen LogP contribution in [0.3, 0.4) is 0 Å². The van der Waals surface area contributed by atoms with Gasteiger partial charge in [-0.1, -0.05) is 31.7 Å². The fourth-order valence-electron chi connectivity index (χ4n) is 1.39. The lowest BCUT2D eigenvalue weighted by molar-refractivity contribution is 0.0695. The molecular weight excluding hydrogens is 164 g/mol. The molecule has 2 nitrogen and oxygen atoms in total. The maximum absolute atomic E-state index is 10.8. The molecule has 0 aliphatic rings. The number of carboxylic acids is 1. The second-order valence-electron chi connectivity index (χ2n) is 2.74. The maximum atomic E-state index is 10.8. The minimum atomic E-state index is -0.874. The Labute approximate surface area is 77.5 Å². The van der Waals surface area contributed by atoms with Crippen LogP contribution in [0.25, 0.3) is 6.08 Å². The molecule has 0 saturated carbocycles. The van der Waals surface area contributed by atoms with Gasteiger partial charge in [-0.15, -0.1) is 0 Å². The first-order valence-electron chi connectivity index (χ1n) is 4.18. The van der Waals surface area contributed by atoms with Gasteiger partial charge in [0.2, 0.25) is 0 Å². The SMILES string of the molecule is C=Cc1cccc(C(=O)O)c1CC. The predicted molar refractivity (Wildman–Crippen MR) is 52.9 cm³/mol. The average Bonchev–Trinajstić information content (AvgIpc) is 2.16. The van der Waals surface area contributed by atoms with Crippen LogP contribution in [0.4, 0.5) is 0 Å². The number of carboxylic acid groups (broad SMARTS) is 1. The highest BCUT2D eigenvalue weighted by atomic mass is 16.4. The summed E-state index contributed by atoms with van der Waals surface area (Å²) in [6.45, 7) is 5.59. The Morgan fingerprint density at radius 1 is 1.62 bits per heavy atom. The Kier molecular flexibility index (Phi) is 2.85. The monoisotopic (exact) mass is 176 g/mol. The van der Waals surface area contributed by atoms with Crippen molar-refractivity contribution in [2.45, 2.75) is 13.3 Å². The Hall–Kier alpha value is -1.57. The zero-order chi connectivity index (χ0) is 9.84. The van der Waals surface area contributed by atoms with Gasteiger partial charge in [0.25, 0.3) is 0 Å². The third-order valence-corrected chi connectivity index (χ3v) is 2.02. The number of carbonyl (C=O) groups is 1. The third-order valence-electron chi connectivity index (χ3n) is 2.02. The van der Waals surface area contributed by atoms with Gasteiger partial charge in [0, 0.05) is 0 Å². The standard InChI is InChI=1S/C11H12O2/c1-3-8-6-5-7-10(11(12)13)9(8)4-2/h3,5-7H,1,4H2,2H3,(H,12,13). The molecule has 13 heavy (non-hydrogen) atoms. The molecule has 0 aromatic heterocycles. The average molecular weight is 176 g/mol. The molecule has 68 valence electrons. The molecule has 1 aromatic carbocycles. The highest BCUT2D eigenvalue weighted by molar-refractivity contribution is 5.90.